The lowest BCUT2D eigenvalue weighted by Crippen LogP contribution is -2.00. The van der Waals surface area contributed by atoms with Gasteiger partial charge in [0, 0.05) is 0 Å². The zero-order chi connectivity index (χ0) is 7.56. The SMILES string of the molecule is COC(=O)c1cn(O)nn1. The Morgan fingerprint density at radius 2 is 2.60 bits per heavy atom. The third kappa shape index (κ3) is 1.04. The number of hydrogen-bond acceptors (Lipinski definition) is 5. The average Bonchev–Trinajstić information content (AvgIpc) is 2.34. The fraction of sp³-hybridized carbons (Fsp3) is 0.250. The van der Waals surface area contributed by atoms with E-state index >= 15 is 0 Å². The first-order chi connectivity index (χ1) is 4.74. The molecule has 0 fully saturated rings. The quantitative estimate of drug-likeness (QED) is 0.415. The van der Waals surface area contributed by atoms with E-state index in [0.29, 0.717) is 4.85 Å². The Balaban J connectivity index is 2.85. The first-order valence-electron chi connectivity index (χ1n) is 2.44. The maximum absolute atomic E-state index is 10.6. The van der Waals surface area contributed by atoms with Crippen molar-refractivity contribution in [1.29, 1.82) is 0 Å². The molecule has 0 spiro atoms. The molecule has 1 heterocycles. The Bertz CT molecular complexity index is 244. The van der Waals surface area contributed by atoms with Crippen molar-refractivity contribution in [3.05, 3.63) is 11.9 Å². The summed E-state index contributed by atoms with van der Waals surface area (Å²) in [6.07, 6.45) is 1.05. The monoisotopic (exact) mass is 143 g/mol. The van der Waals surface area contributed by atoms with Crippen LogP contribution in [-0.2, 0) is 4.74 Å². The molecule has 54 valence electrons. The van der Waals surface area contributed by atoms with Gasteiger partial charge in [0.1, 0.15) is 6.20 Å². The summed E-state index contributed by atoms with van der Waals surface area (Å²) < 4.78 is 4.28. The van der Waals surface area contributed by atoms with E-state index in [1.54, 1.807) is 0 Å². The van der Waals surface area contributed by atoms with Crippen molar-refractivity contribution < 1.29 is 14.7 Å². The number of rotatable bonds is 1. The molecule has 0 saturated heterocycles. The van der Waals surface area contributed by atoms with Gasteiger partial charge in [-0.25, -0.2) is 4.79 Å². The second-order valence-electron chi connectivity index (χ2n) is 1.52. The predicted octanol–water partition coefficient (Wildman–Crippen LogP) is -0.698. The van der Waals surface area contributed by atoms with E-state index in [1.807, 2.05) is 0 Å². The highest BCUT2D eigenvalue weighted by Gasteiger charge is 2.08. The van der Waals surface area contributed by atoms with Gasteiger partial charge < -0.3 is 9.94 Å². The molecule has 0 aliphatic rings. The third-order valence-corrected chi connectivity index (χ3v) is 0.876. The van der Waals surface area contributed by atoms with Crippen LogP contribution in [0, 0.1) is 0 Å². The van der Waals surface area contributed by atoms with Crippen LogP contribution in [0.4, 0.5) is 0 Å². The number of methoxy groups -OCH3 is 1. The molecule has 0 aliphatic heterocycles. The number of aromatic nitrogens is 3. The van der Waals surface area contributed by atoms with Crippen LogP contribution < -0.4 is 0 Å². The van der Waals surface area contributed by atoms with Gasteiger partial charge in [-0.15, -0.1) is 5.10 Å². The van der Waals surface area contributed by atoms with E-state index in [4.69, 9.17) is 5.21 Å². The van der Waals surface area contributed by atoms with E-state index in [-0.39, 0.29) is 5.69 Å². The average molecular weight is 143 g/mol. The highest BCUT2D eigenvalue weighted by molar-refractivity contribution is 5.86. The lowest BCUT2D eigenvalue weighted by Gasteiger charge is -1.88. The van der Waals surface area contributed by atoms with Crippen LogP contribution in [0.25, 0.3) is 0 Å². The first kappa shape index (κ1) is 6.53. The predicted molar refractivity (Wildman–Crippen MR) is 28.5 cm³/mol. The van der Waals surface area contributed by atoms with Gasteiger partial charge in [0.15, 0.2) is 5.69 Å². The number of hydrogen-bond donors (Lipinski definition) is 1. The molecule has 0 aromatic carbocycles. The maximum Gasteiger partial charge on any atom is 0.360 e. The topological polar surface area (TPSA) is 77.2 Å². The van der Waals surface area contributed by atoms with Crippen LogP contribution in [0.1, 0.15) is 10.5 Å². The van der Waals surface area contributed by atoms with E-state index in [9.17, 15) is 4.79 Å². The molecule has 0 radical (unpaired) electrons. The van der Waals surface area contributed by atoms with Crippen LogP contribution in [-0.4, -0.2) is 33.4 Å². The molecule has 0 unspecified atom stereocenters. The minimum absolute atomic E-state index is 0.0231. The molecular formula is C4H5N3O3. The minimum Gasteiger partial charge on any atom is -0.464 e. The molecule has 0 atom stereocenters. The van der Waals surface area contributed by atoms with Gasteiger partial charge in [-0.2, -0.15) is 0 Å². The molecule has 6 nitrogen and oxygen atoms in total. The van der Waals surface area contributed by atoms with Gasteiger partial charge in [0.25, 0.3) is 0 Å². The van der Waals surface area contributed by atoms with Gasteiger partial charge in [0.2, 0.25) is 0 Å². The van der Waals surface area contributed by atoms with Crippen molar-refractivity contribution in [2.45, 2.75) is 0 Å². The van der Waals surface area contributed by atoms with E-state index in [2.05, 4.69) is 15.0 Å². The summed E-state index contributed by atoms with van der Waals surface area (Å²) in [5, 5.41) is 14.9. The smallest absolute Gasteiger partial charge is 0.360 e. The Labute approximate surface area is 56.0 Å². The molecule has 0 amide bonds. The number of esters is 1. The largest absolute Gasteiger partial charge is 0.464 e. The molecular weight excluding hydrogens is 138 g/mol. The van der Waals surface area contributed by atoms with Crippen molar-refractivity contribution in [3.63, 3.8) is 0 Å². The minimum atomic E-state index is -0.625. The summed E-state index contributed by atoms with van der Waals surface area (Å²) in [5.41, 5.74) is -0.0231. The van der Waals surface area contributed by atoms with Crippen LogP contribution in [0.2, 0.25) is 0 Å². The lowest BCUT2D eigenvalue weighted by atomic mass is 10.5. The van der Waals surface area contributed by atoms with E-state index in [1.165, 1.54) is 7.11 Å². The summed E-state index contributed by atoms with van der Waals surface area (Å²) in [4.78, 5) is 11.0. The van der Waals surface area contributed by atoms with E-state index in [0.717, 1.165) is 6.20 Å². The number of ether oxygens (including phenoxy) is 1. The standard InChI is InChI=1S/C4H5N3O3/c1-10-4(8)3-2-7(9)6-5-3/h2,9H,1H3. The highest BCUT2D eigenvalue weighted by atomic mass is 16.5. The summed E-state index contributed by atoms with van der Waals surface area (Å²) in [6.45, 7) is 0. The molecule has 1 rings (SSSR count). The summed E-state index contributed by atoms with van der Waals surface area (Å²) in [5.74, 6) is -0.625. The maximum atomic E-state index is 10.6. The molecule has 0 aliphatic carbocycles. The van der Waals surface area contributed by atoms with Crippen molar-refractivity contribution in [2.24, 2.45) is 0 Å². The van der Waals surface area contributed by atoms with Gasteiger partial charge in [-0.1, -0.05) is 4.85 Å². The fourth-order valence-corrected chi connectivity index (χ4v) is 0.453. The number of carbonyl (C=O) groups excluding carboxylic acids is 1. The Morgan fingerprint density at radius 3 is 3.00 bits per heavy atom. The van der Waals surface area contributed by atoms with Crippen LogP contribution in [0.3, 0.4) is 0 Å². The van der Waals surface area contributed by atoms with Crippen LogP contribution in [0.15, 0.2) is 6.20 Å². The first-order valence-corrected chi connectivity index (χ1v) is 2.44. The number of nitrogens with zero attached hydrogens (tertiary/aromatic N) is 3. The Hall–Kier alpha value is -1.59. The van der Waals surface area contributed by atoms with Gasteiger partial charge in [0.05, 0.1) is 7.11 Å². The summed E-state index contributed by atoms with van der Waals surface area (Å²) in [6, 6.07) is 0. The second-order valence-corrected chi connectivity index (χ2v) is 1.52. The lowest BCUT2D eigenvalue weighted by molar-refractivity contribution is 0.0593. The Morgan fingerprint density at radius 1 is 1.90 bits per heavy atom. The normalized spacial score (nSPS) is 9.30. The molecule has 10 heavy (non-hydrogen) atoms. The van der Waals surface area contributed by atoms with Gasteiger partial charge in [-0.05, 0) is 5.21 Å². The molecule has 1 aromatic heterocycles. The zero-order valence-electron chi connectivity index (χ0n) is 5.18. The molecule has 1 aromatic rings. The van der Waals surface area contributed by atoms with Crippen molar-refractivity contribution in [2.75, 3.05) is 7.11 Å². The fourth-order valence-electron chi connectivity index (χ4n) is 0.453. The second kappa shape index (κ2) is 2.34. The molecule has 0 bridgehead atoms. The van der Waals surface area contributed by atoms with Crippen LogP contribution >= 0.6 is 0 Å². The highest BCUT2D eigenvalue weighted by Crippen LogP contribution is 1.91. The molecule has 1 N–H and O–H groups in total. The molecule has 0 saturated carbocycles. The van der Waals surface area contributed by atoms with Crippen molar-refractivity contribution in [1.82, 2.24) is 15.2 Å². The zero-order valence-corrected chi connectivity index (χ0v) is 5.18. The summed E-state index contributed by atoms with van der Waals surface area (Å²) >= 11 is 0. The van der Waals surface area contributed by atoms with Crippen molar-refractivity contribution in [3.8, 4) is 0 Å². The third-order valence-electron chi connectivity index (χ3n) is 0.876. The van der Waals surface area contributed by atoms with Gasteiger partial charge >= 0.3 is 5.97 Å². The van der Waals surface area contributed by atoms with E-state index < -0.39 is 5.97 Å². The molecule has 6 heteroatoms. The Kier molecular flexibility index (Phi) is 1.53. The van der Waals surface area contributed by atoms with Crippen molar-refractivity contribution >= 4 is 5.97 Å². The summed E-state index contributed by atoms with van der Waals surface area (Å²) in [7, 11) is 1.22. The van der Waals surface area contributed by atoms with Gasteiger partial charge in [-0.3, -0.25) is 0 Å². The number of carbonyl (C=O) groups is 1. The van der Waals surface area contributed by atoms with Crippen LogP contribution in [0.5, 0.6) is 0 Å².